The van der Waals surface area contributed by atoms with Crippen molar-refractivity contribution >= 4 is 39.9 Å². The number of halogens is 1. The molecule has 3 rings (SSSR count). The summed E-state index contributed by atoms with van der Waals surface area (Å²) in [4.78, 5) is 12.6. The summed E-state index contributed by atoms with van der Waals surface area (Å²) in [6.45, 7) is 0. The van der Waals surface area contributed by atoms with Crippen LogP contribution in [-0.2, 0) is 0 Å². The van der Waals surface area contributed by atoms with Crippen molar-refractivity contribution in [1.82, 2.24) is 15.0 Å². The quantitative estimate of drug-likeness (QED) is 0.698. The molecule has 3 aromatic rings. The molecule has 0 bridgehead atoms. The lowest BCUT2D eigenvalue weighted by atomic mass is 10.4. The van der Waals surface area contributed by atoms with Gasteiger partial charge in [-0.25, -0.2) is 9.97 Å². The molecule has 0 radical (unpaired) electrons. The molecule has 16 heavy (non-hydrogen) atoms. The highest BCUT2D eigenvalue weighted by molar-refractivity contribution is 7.14. The maximum atomic E-state index is 6.04. The Hall–Kier alpha value is -1.59. The van der Waals surface area contributed by atoms with Crippen molar-refractivity contribution in [3.63, 3.8) is 0 Å². The van der Waals surface area contributed by atoms with E-state index in [9.17, 15) is 0 Å². The average molecular weight is 251 g/mol. The Balaban J connectivity index is 2.23. The van der Waals surface area contributed by atoms with Crippen molar-refractivity contribution in [1.29, 1.82) is 0 Å². The number of hydrogen-bond acceptors (Lipinski definition) is 4. The summed E-state index contributed by atoms with van der Waals surface area (Å²) in [7, 11) is 0. The first-order valence-electron chi connectivity index (χ1n) is 4.59. The molecule has 0 aliphatic heterocycles. The van der Waals surface area contributed by atoms with Gasteiger partial charge in [-0.2, -0.15) is 0 Å². The normalized spacial score (nSPS) is 11.1. The first kappa shape index (κ1) is 9.62. The maximum Gasteiger partial charge on any atom is 0.180 e. The second-order valence-electron chi connectivity index (χ2n) is 3.29. The minimum Gasteiger partial charge on any atom is -0.384 e. The number of fused-ring (bicyclic) bond motifs is 1. The Morgan fingerprint density at radius 3 is 2.88 bits per heavy atom. The van der Waals surface area contributed by atoms with E-state index >= 15 is 0 Å². The fraction of sp³-hybridized carbons (Fsp3) is 0. The van der Waals surface area contributed by atoms with Crippen LogP contribution in [-0.4, -0.2) is 15.0 Å². The molecule has 80 valence electrons. The molecule has 3 heterocycles. The van der Waals surface area contributed by atoms with Crippen LogP contribution in [0.25, 0.3) is 21.9 Å². The number of thiophene rings is 1. The van der Waals surface area contributed by atoms with Crippen LogP contribution in [0.1, 0.15) is 0 Å². The molecule has 0 fully saturated rings. The number of H-pyrrole nitrogens is 1. The number of nitrogens with zero attached hydrogens (tertiary/aromatic N) is 2. The number of pyridine rings is 1. The molecular formula is C10H7ClN4S. The van der Waals surface area contributed by atoms with Crippen LogP contribution in [0.15, 0.2) is 23.6 Å². The van der Waals surface area contributed by atoms with Gasteiger partial charge in [-0.05, 0) is 23.6 Å². The minimum atomic E-state index is 0.461. The van der Waals surface area contributed by atoms with Gasteiger partial charge in [-0.3, -0.25) is 0 Å². The monoisotopic (exact) mass is 250 g/mol. The highest BCUT2D eigenvalue weighted by atomic mass is 35.5. The van der Waals surface area contributed by atoms with Gasteiger partial charge in [0.1, 0.15) is 5.82 Å². The van der Waals surface area contributed by atoms with Crippen LogP contribution in [0.2, 0.25) is 5.02 Å². The van der Waals surface area contributed by atoms with Crippen molar-refractivity contribution in [2.45, 2.75) is 0 Å². The second kappa shape index (κ2) is 3.47. The molecule has 0 amide bonds. The van der Waals surface area contributed by atoms with Crippen LogP contribution in [0.4, 0.5) is 5.82 Å². The fourth-order valence-corrected chi connectivity index (χ4v) is 2.57. The van der Waals surface area contributed by atoms with Gasteiger partial charge in [-0.15, -0.1) is 11.3 Å². The Morgan fingerprint density at radius 2 is 2.12 bits per heavy atom. The zero-order valence-corrected chi connectivity index (χ0v) is 9.64. The third kappa shape index (κ3) is 1.45. The number of nitrogens with two attached hydrogens (primary N) is 1. The summed E-state index contributed by atoms with van der Waals surface area (Å²) in [5.74, 6) is 1.19. The van der Waals surface area contributed by atoms with Gasteiger partial charge in [-0.1, -0.05) is 11.6 Å². The lowest BCUT2D eigenvalue weighted by Gasteiger charge is -1.89. The molecule has 3 aromatic heterocycles. The Morgan fingerprint density at radius 1 is 1.25 bits per heavy atom. The zero-order chi connectivity index (χ0) is 11.1. The fourth-order valence-electron chi connectivity index (χ4n) is 1.48. The van der Waals surface area contributed by atoms with E-state index < -0.39 is 0 Å². The van der Waals surface area contributed by atoms with Crippen LogP contribution >= 0.6 is 22.9 Å². The van der Waals surface area contributed by atoms with Gasteiger partial charge in [0.15, 0.2) is 11.5 Å². The standard InChI is InChI=1S/C10H7ClN4S/c11-5-3-4-16-8(5)10-13-6-1-2-7(12)14-9(6)15-10/h1-4H,(H3,12,13,14,15). The lowest BCUT2D eigenvalue weighted by molar-refractivity contribution is 1.32. The Bertz CT molecular complexity index is 658. The second-order valence-corrected chi connectivity index (χ2v) is 4.61. The van der Waals surface area contributed by atoms with E-state index in [4.69, 9.17) is 17.3 Å². The summed E-state index contributed by atoms with van der Waals surface area (Å²) in [5, 5.41) is 2.61. The topological polar surface area (TPSA) is 67.6 Å². The molecule has 0 spiro atoms. The number of rotatable bonds is 1. The van der Waals surface area contributed by atoms with E-state index in [2.05, 4.69) is 15.0 Å². The molecule has 3 N–H and O–H groups in total. The molecule has 0 saturated carbocycles. The van der Waals surface area contributed by atoms with E-state index in [0.717, 1.165) is 16.2 Å². The largest absolute Gasteiger partial charge is 0.384 e. The van der Waals surface area contributed by atoms with E-state index in [-0.39, 0.29) is 0 Å². The van der Waals surface area contributed by atoms with E-state index in [1.807, 2.05) is 17.5 Å². The predicted octanol–water partition coefficient (Wildman–Crippen LogP) is 2.92. The molecule has 0 unspecified atom stereocenters. The first-order chi connectivity index (χ1) is 7.74. The van der Waals surface area contributed by atoms with Gasteiger partial charge in [0.25, 0.3) is 0 Å². The van der Waals surface area contributed by atoms with E-state index in [0.29, 0.717) is 16.5 Å². The highest BCUT2D eigenvalue weighted by Crippen LogP contribution is 2.32. The number of anilines is 1. The number of aromatic nitrogens is 3. The first-order valence-corrected chi connectivity index (χ1v) is 5.85. The molecule has 0 aromatic carbocycles. The van der Waals surface area contributed by atoms with Crippen LogP contribution in [0, 0.1) is 0 Å². The number of aromatic amines is 1. The SMILES string of the molecule is Nc1ccc2[nH]c(-c3sccc3Cl)nc2n1. The number of imidazole rings is 1. The van der Waals surface area contributed by atoms with E-state index in [1.165, 1.54) is 11.3 Å². The molecular weight excluding hydrogens is 244 g/mol. The predicted molar refractivity (Wildman–Crippen MR) is 66.6 cm³/mol. The summed E-state index contributed by atoms with van der Waals surface area (Å²) in [5.41, 5.74) is 7.06. The highest BCUT2D eigenvalue weighted by Gasteiger charge is 2.10. The van der Waals surface area contributed by atoms with Crippen molar-refractivity contribution in [3.8, 4) is 10.7 Å². The lowest BCUT2D eigenvalue weighted by Crippen LogP contribution is -1.88. The smallest absolute Gasteiger partial charge is 0.180 e. The maximum absolute atomic E-state index is 6.04. The van der Waals surface area contributed by atoms with Crippen LogP contribution in [0.3, 0.4) is 0 Å². The van der Waals surface area contributed by atoms with E-state index in [1.54, 1.807) is 6.07 Å². The molecule has 0 atom stereocenters. The molecule has 6 heteroatoms. The third-order valence-corrected chi connectivity index (χ3v) is 3.55. The Kier molecular flexibility index (Phi) is 2.08. The summed E-state index contributed by atoms with van der Waals surface area (Å²) in [6, 6.07) is 5.44. The van der Waals surface area contributed by atoms with Gasteiger partial charge in [0.05, 0.1) is 15.4 Å². The number of nitrogens with one attached hydrogen (secondary N) is 1. The van der Waals surface area contributed by atoms with Gasteiger partial charge >= 0.3 is 0 Å². The Labute approximate surface area is 100 Å². The summed E-state index contributed by atoms with van der Waals surface area (Å²) >= 11 is 7.58. The number of nitrogen functional groups attached to an aromatic ring is 1. The van der Waals surface area contributed by atoms with Gasteiger partial charge in [0.2, 0.25) is 0 Å². The van der Waals surface area contributed by atoms with Gasteiger partial charge < -0.3 is 10.7 Å². The summed E-state index contributed by atoms with van der Waals surface area (Å²) in [6.07, 6.45) is 0. The van der Waals surface area contributed by atoms with Crippen molar-refractivity contribution in [2.75, 3.05) is 5.73 Å². The minimum absolute atomic E-state index is 0.461. The zero-order valence-electron chi connectivity index (χ0n) is 8.07. The van der Waals surface area contributed by atoms with Crippen LogP contribution < -0.4 is 5.73 Å². The number of hydrogen-bond donors (Lipinski definition) is 2. The third-order valence-electron chi connectivity index (χ3n) is 2.20. The van der Waals surface area contributed by atoms with Crippen LogP contribution in [0.5, 0.6) is 0 Å². The molecule has 0 saturated heterocycles. The van der Waals surface area contributed by atoms with Crippen molar-refractivity contribution in [3.05, 3.63) is 28.6 Å². The summed E-state index contributed by atoms with van der Waals surface area (Å²) < 4.78 is 0. The van der Waals surface area contributed by atoms with Gasteiger partial charge in [0, 0.05) is 0 Å². The molecule has 0 aliphatic rings. The average Bonchev–Trinajstić information content (AvgIpc) is 2.82. The molecule has 4 nitrogen and oxygen atoms in total. The van der Waals surface area contributed by atoms with Crippen molar-refractivity contribution in [2.24, 2.45) is 0 Å². The molecule has 0 aliphatic carbocycles. The van der Waals surface area contributed by atoms with Crippen molar-refractivity contribution < 1.29 is 0 Å².